The number of amides is 2. The molecule has 2 aromatic carbocycles. The summed E-state index contributed by atoms with van der Waals surface area (Å²) in [5, 5.41) is 2.95. The Hall–Kier alpha value is -3.28. The highest BCUT2D eigenvalue weighted by Gasteiger charge is 2.09. The summed E-state index contributed by atoms with van der Waals surface area (Å²) in [7, 11) is 1.50. The van der Waals surface area contributed by atoms with Gasteiger partial charge in [-0.15, -0.1) is 0 Å². The molecule has 6 heteroatoms. The molecule has 0 bridgehead atoms. The Bertz CT molecular complexity index is 873. The molecule has 6 nitrogen and oxygen atoms in total. The molecule has 0 fully saturated rings. The van der Waals surface area contributed by atoms with Crippen LogP contribution >= 0.6 is 0 Å². The predicted molar refractivity (Wildman–Crippen MR) is 114 cm³/mol. The van der Waals surface area contributed by atoms with Crippen LogP contribution in [-0.4, -0.2) is 25.5 Å². The minimum atomic E-state index is -0.569. The lowest BCUT2D eigenvalue weighted by molar-refractivity contribution is -0.120. The largest absolute Gasteiger partial charge is 0.493 e. The van der Waals surface area contributed by atoms with Crippen molar-refractivity contribution in [3.8, 4) is 11.5 Å². The van der Waals surface area contributed by atoms with Gasteiger partial charge in [0, 0.05) is 6.08 Å². The molecule has 154 valence electrons. The number of rotatable bonds is 9. The maximum absolute atomic E-state index is 12.3. The average molecular weight is 396 g/mol. The third-order valence-corrected chi connectivity index (χ3v) is 4.45. The zero-order chi connectivity index (χ0) is 21.4. The Balaban J connectivity index is 1.99. The molecule has 0 heterocycles. The van der Waals surface area contributed by atoms with Crippen molar-refractivity contribution in [3.05, 3.63) is 65.2 Å². The average Bonchev–Trinajstić information content (AvgIpc) is 2.70. The van der Waals surface area contributed by atoms with Crippen molar-refractivity contribution in [2.75, 3.05) is 13.7 Å². The van der Waals surface area contributed by atoms with E-state index >= 15 is 0 Å². The van der Waals surface area contributed by atoms with Gasteiger partial charge in [0.05, 0.1) is 13.2 Å². The minimum Gasteiger partial charge on any atom is -0.493 e. The van der Waals surface area contributed by atoms with E-state index in [1.54, 1.807) is 24.3 Å². The molecule has 2 amide bonds. The Morgan fingerprint density at radius 3 is 2.28 bits per heavy atom. The summed E-state index contributed by atoms with van der Waals surface area (Å²) in [5.74, 6) is 0.569. The third kappa shape index (κ3) is 6.68. The van der Waals surface area contributed by atoms with E-state index in [0.29, 0.717) is 17.4 Å². The quantitative estimate of drug-likeness (QED) is 0.634. The van der Waals surface area contributed by atoms with Crippen molar-refractivity contribution >= 4 is 17.9 Å². The van der Waals surface area contributed by atoms with Crippen LogP contribution in [0, 0.1) is 0 Å². The monoisotopic (exact) mass is 396 g/mol. The number of ether oxygens (including phenoxy) is 2. The van der Waals surface area contributed by atoms with Crippen LogP contribution < -0.4 is 20.5 Å². The van der Waals surface area contributed by atoms with Gasteiger partial charge < -0.3 is 20.5 Å². The lowest BCUT2D eigenvalue weighted by atomic mass is 9.99. The van der Waals surface area contributed by atoms with Crippen LogP contribution in [0.15, 0.2) is 48.5 Å². The van der Waals surface area contributed by atoms with Crippen LogP contribution in [0.2, 0.25) is 0 Å². The number of primary amides is 1. The maximum Gasteiger partial charge on any atom is 0.255 e. The van der Waals surface area contributed by atoms with Crippen LogP contribution in [0.3, 0.4) is 0 Å². The van der Waals surface area contributed by atoms with Gasteiger partial charge in [-0.1, -0.05) is 44.2 Å². The summed E-state index contributed by atoms with van der Waals surface area (Å²) in [6.07, 6.45) is 3.15. The number of carbonyl (C=O) groups excluding carboxylic acids is 2. The third-order valence-electron chi connectivity index (χ3n) is 4.45. The molecule has 29 heavy (non-hydrogen) atoms. The van der Waals surface area contributed by atoms with Gasteiger partial charge in [0.15, 0.2) is 18.1 Å². The molecule has 2 rings (SSSR count). The second-order valence-corrected chi connectivity index (χ2v) is 7.05. The van der Waals surface area contributed by atoms with Gasteiger partial charge in [-0.2, -0.15) is 0 Å². The number of methoxy groups -OCH3 is 1. The van der Waals surface area contributed by atoms with Gasteiger partial charge in [-0.3, -0.25) is 9.59 Å². The number of nitrogens with two attached hydrogens (primary N) is 1. The normalized spacial score (nSPS) is 12.0. The van der Waals surface area contributed by atoms with Gasteiger partial charge in [0.25, 0.3) is 5.91 Å². The summed E-state index contributed by atoms with van der Waals surface area (Å²) in [6, 6.07) is 13.3. The SMILES string of the molecule is COc1cc(/C=C/C(=O)NC(C)c2ccc(C(C)C)cc2)ccc1OCC(N)=O. The van der Waals surface area contributed by atoms with Crippen LogP contribution in [-0.2, 0) is 9.59 Å². The number of carbonyl (C=O) groups is 2. The molecule has 0 aliphatic heterocycles. The molecular formula is C23H28N2O4. The fourth-order valence-electron chi connectivity index (χ4n) is 2.74. The van der Waals surface area contributed by atoms with Gasteiger partial charge in [0.1, 0.15) is 0 Å². The first-order valence-corrected chi connectivity index (χ1v) is 9.47. The molecule has 0 saturated heterocycles. The summed E-state index contributed by atoms with van der Waals surface area (Å²) >= 11 is 0. The van der Waals surface area contributed by atoms with Crippen LogP contribution in [0.4, 0.5) is 0 Å². The first-order chi connectivity index (χ1) is 13.8. The first-order valence-electron chi connectivity index (χ1n) is 9.47. The highest BCUT2D eigenvalue weighted by Crippen LogP contribution is 2.28. The zero-order valence-corrected chi connectivity index (χ0v) is 17.3. The van der Waals surface area contributed by atoms with Crippen molar-refractivity contribution in [1.29, 1.82) is 0 Å². The maximum atomic E-state index is 12.3. The predicted octanol–water partition coefficient (Wildman–Crippen LogP) is 3.57. The van der Waals surface area contributed by atoms with E-state index < -0.39 is 5.91 Å². The van der Waals surface area contributed by atoms with Crippen LogP contribution in [0.5, 0.6) is 11.5 Å². The molecule has 0 saturated carbocycles. The summed E-state index contributed by atoms with van der Waals surface area (Å²) in [6.45, 7) is 6.01. The van der Waals surface area contributed by atoms with Crippen molar-refractivity contribution < 1.29 is 19.1 Å². The van der Waals surface area contributed by atoms with Gasteiger partial charge in [0.2, 0.25) is 5.91 Å². The number of hydrogen-bond acceptors (Lipinski definition) is 4. The van der Waals surface area contributed by atoms with E-state index in [0.717, 1.165) is 11.1 Å². The fraction of sp³-hybridized carbons (Fsp3) is 0.304. The first kappa shape index (κ1) is 22.0. The van der Waals surface area contributed by atoms with Crippen LogP contribution in [0.25, 0.3) is 6.08 Å². The highest BCUT2D eigenvalue weighted by atomic mass is 16.5. The molecule has 0 aromatic heterocycles. The fourth-order valence-corrected chi connectivity index (χ4v) is 2.74. The topological polar surface area (TPSA) is 90.7 Å². The zero-order valence-electron chi connectivity index (χ0n) is 17.3. The molecule has 1 unspecified atom stereocenters. The van der Waals surface area contributed by atoms with Gasteiger partial charge in [-0.25, -0.2) is 0 Å². The number of hydrogen-bond donors (Lipinski definition) is 2. The lowest BCUT2D eigenvalue weighted by Gasteiger charge is -2.14. The van der Waals surface area contributed by atoms with Crippen molar-refractivity contribution in [1.82, 2.24) is 5.32 Å². The van der Waals surface area contributed by atoms with Gasteiger partial charge >= 0.3 is 0 Å². The number of nitrogens with one attached hydrogen (secondary N) is 1. The van der Waals surface area contributed by atoms with Crippen LogP contribution in [0.1, 0.15) is 49.4 Å². The lowest BCUT2D eigenvalue weighted by Crippen LogP contribution is -2.24. The van der Waals surface area contributed by atoms with Crippen molar-refractivity contribution in [2.24, 2.45) is 5.73 Å². The van der Waals surface area contributed by atoms with E-state index in [-0.39, 0.29) is 18.6 Å². The smallest absolute Gasteiger partial charge is 0.255 e. The Labute approximate surface area is 171 Å². The molecule has 0 radical (unpaired) electrons. The van der Waals surface area contributed by atoms with E-state index in [1.165, 1.54) is 18.7 Å². The summed E-state index contributed by atoms with van der Waals surface area (Å²) in [4.78, 5) is 23.1. The van der Waals surface area contributed by atoms with E-state index in [4.69, 9.17) is 15.2 Å². The van der Waals surface area contributed by atoms with Gasteiger partial charge in [-0.05, 0) is 47.7 Å². The van der Waals surface area contributed by atoms with E-state index in [1.807, 2.05) is 19.1 Å². The minimum absolute atomic E-state index is 0.104. The Morgan fingerprint density at radius 2 is 1.69 bits per heavy atom. The molecule has 0 aliphatic carbocycles. The molecular weight excluding hydrogens is 368 g/mol. The second kappa shape index (κ2) is 10.3. The molecule has 2 aromatic rings. The standard InChI is InChI=1S/C23H28N2O4/c1-15(2)18-7-9-19(10-8-18)16(3)25-23(27)12-6-17-5-11-20(21(13-17)28-4)29-14-22(24)26/h5-13,15-16H,14H2,1-4H3,(H2,24,26)(H,25,27)/b12-6+. The Kier molecular flexibility index (Phi) is 7.83. The summed E-state index contributed by atoms with van der Waals surface area (Å²) in [5.41, 5.74) is 8.16. The molecule has 0 aliphatic rings. The Morgan fingerprint density at radius 1 is 1.03 bits per heavy atom. The molecule has 3 N–H and O–H groups in total. The highest BCUT2D eigenvalue weighted by molar-refractivity contribution is 5.92. The second-order valence-electron chi connectivity index (χ2n) is 7.05. The molecule has 1 atom stereocenters. The van der Waals surface area contributed by atoms with Crippen molar-refractivity contribution in [3.63, 3.8) is 0 Å². The van der Waals surface area contributed by atoms with Crippen molar-refractivity contribution in [2.45, 2.75) is 32.7 Å². The van der Waals surface area contributed by atoms with E-state index in [2.05, 4.69) is 31.3 Å². The number of benzene rings is 2. The molecule has 0 spiro atoms. The summed E-state index contributed by atoms with van der Waals surface area (Å²) < 4.78 is 10.6. The van der Waals surface area contributed by atoms with E-state index in [9.17, 15) is 9.59 Å².